The van der Waals surface area contributed by atoms with E-state index in [9.17, 15) is 14.4 Å². The Kier molecular flexibility index (Phi) is 5.16. The van der Waals surface area contributed by atoms with Gasteiger partial charge < -0.3 is 5.32 Å². The summed E-state index contributed by atoms with van der Waals surface area (Å²) in [7, 11) is 0. The summed E-state index contributed by atoms with van der Waals surface area (Å²) in [5.41, 5.74) is 2.06. The van der Waals surface area contributed by atoms with E-state index in [4.69, 9.17) is 0 Å². The molecule has 1 fully saturated rings. The zero-order valence-corrected chi connectivity index (χ0v) is 14.9. The second-order valence-corrected chi connectivity index (χ2v) is 6.78. The van der Waals surface area contributed by atoms with Crippen LogP contribution in [0.2, 0.25) is 0 Å². The topological polar surface area (TPSA) is 66.5 Å². The third-order valence-corrected chi connectivity index (χ3v) is 4.55. The van der Waals surface area contributed by atoms with Gasteiger partial charge in [0, 0.05) is 18.4 Å². The number of amides is 3. The van der Waals surface area contributed by atoms with Crippen molar-refractivity contribution in [2.45, 2.75) is 32.7 Å². The Hall–Kier alpha value is -2.95. The van der Waals surface area contributed by atoms with Gasteiger partial charge in [0.05, 0.1) is 11.7 Å². The van der Waals surface area contributed by atoms with Gasteiger partial charge in [-0.1, -0.05) is 44.2 Å². The molecule has 0 bridgehead atoms. The molecule has 1 aliphatic heterocycles. The third-order valence-electron chi connectivity index (χ3n) is 4.55. The smallest absolute Gasteiger partial charge is 0.251 e. The number of carbonyl (C=O) groups excluding carboxylic acids is 3. The fourth-order valence-corrected chi connectivity index (χ4v) is 3.15. The number of benzene rings is 2. The van der Waals surface area contributed by atoms with Gasteiger partial charge in [-0.05, 0) is 35.7 Å². The number of hydrogen-bond donors (Lipinski definition) is 1. The summed E-state index contributed by atoms with van der Waals surface area (Å²) in [4.78, 5) is 37.4. The highest BCUT2D eigenvalue weighted by molar-refractivity contribution is 6.19. The molecule has 0 radical (unpaired) electrons. The lowest BCUT2D eigenvalue weighted by Gasteiger charge is -2.23. The summed E-state index contributed by atoms with van der Waals surface area (Å²) in [5, 5.41) is 3.07. The van der Waals surface area contributed by atoms with Crippen molar-refractivity contribution >= 4 is 23.4 Å². The van der Waals surface area contributed by atoms with Crippen LogP contribution in [-0.2, 0) is 9.59 Å². The van der Waals surface area contributed by atoms with Crippen molar-refractivity contribution in [3.63, 3.8) is 0 Å². The summed E-state index contributed by atoms with van der Waals surface area (Å²) < 4.78 is 0. The Balaban J connectivity index is 1.75. The summed E-state index contributed by atoms with van der Waals surface area (Å²) in [5.74, 6) is -0.342. The molecule has 1 heterocycles. The van der Waals surface area contributed by atoms with Gasteiger partial charge in [0.25, 0.3) is 5.91 Å². The van der Waals surface area contributed by atoms with Crippen LogP contribution in [0.5, 0.6) is 0 Å². The summed E-state index contributed by atoms with van der Waals surface area (Å²) in [6.45, 7) is 4.12. The maximum atomic E-state index is 12.6. The highest BCUT2D eigenvalue weighted by Gasteiger charge is 2.30. The van der Waals surface area contributed by atoms with Gasteiger partial charge in [-0.3, -0.25) is 19.3 Å². The minimum Gasteiger partial charge on any atom is -0.345 e. The van der Waals surface area contributed by atoms with Gasteiger partial charge in [0.1, 0.15) is 0 Å². The lowest BCUT2D eigenvalue weighted by atomic mass is 9.95. The van der Waals surface area contributed by atoms with Crippen LogP contribution < -0.4 is 10.2 Å². The van der Waals surface area contributed by atoms with E-state index in [0.29, 0.717) is 11.3 Å². The Morgan fingerprint density at radius 1 is 0.923 bits per heavy atom. The normalized spacial score (nSPS) is 15.4. The minimum absolute atomic E-state index is 0.0925. The Morgan fingerprint density at radius 2 is 1.50 bits per heavy atom. The highest BCUT2D eigenvalue weighted by atomic mass is 16.2. The molecule has 0 saturated carbocycles. The van der Waals surface area contributed by atoms with Crippen molar-refractivity contribution in [3.05, 3.63) is 65.7 Å². The van der Waals surface area contributed by atoms with Crippen LogP contribution in [-0.4, -0.2) is 17.7 Å². The zero-order valence-electron chi connectivity index (χ0n) is 14.9. The first-order valence-electron chi connectivity index (χ1n) is 8.79. The van der Waals surface area contributed by atoms with E-state index in [0.717, 1.165) is 5.56 Å². The standard InChI is InChI=1S/C21H22N2O3/c1-14(2)20(15-6-4-3-5-7-15)22-21(26)16-8-10-17(11-9-16)23-18(24)12-13-19(23)25/h3-11,14,20H,12-13H2,1-2H3,(H,22,26)/t20-/m0/s1. The first kappa shape index (κ1) is 17.9. The molecule has 134 valence electrons. The number of anilines is 1. The van der Waals surface area contributed by atoms with E-state index in [1.165, 1.54) is 4.90 Å². The van der Waals surface area contributed by atoms with Crippen LogP contribution in [0.4, 0.5) is 5.69 Å². The highest BCUT2D eigenvalue weighted by Crippen LogP contribution is 2.24. The molecule has 5 nitrogen and oxygen atoms in total. The van der Waals surface area contributed by atoms with Gasteiger partial charge in [0.15, 0.2) is 0 Å². The maximum Gasteiger partial charge on any atom is 0.251 e. The van der Waals surface area contributed by atoms with Crippen molar-refractivity contribution in [1.82, 2.24) is 5.32 Å². The quantitative estimate of drug-likeness (QED) is 0.840. The number of nitrogens with one attached hydrogen (secondary N) is 1. The Morgan fingerprint density at radius 3 is 2.04 bits per heavy atom. The Bertz CT molecular complexity index is 797. The lowest BCUT2D eigenvalue weighted by Crippen LogP contribution is -2.32. The fourth-order valence-electron chi connectivity index (χ4n) is 3.15. The first-order chi connectivity index (χ1) is 12.5. The molecule has 2 aromatic rings. The van der Waals surface area contributed by atoms with E-state index < -0.39 is 0 Å². The van der Waals surface area contributed by atoms with Crippen LogP contribution in [0.25, 0.3) is 0 Å². The summed E-state index contributed by atoms with van der Waals surface area (Å²) in [6, 6.07) is 16.3. The molecule has 1 N–H and O–H groups in total. The largest absolute Gasteiger partial charge is 0.345 e. The van der Waals surface area contributed by atoms with E-state index in [1.807, 2.05) is 30.3 Å². The monoisotopic (exact) mass is 350 g/mol. The fraction of sp³-hybridized carbons (Fsp3) is 0.286. The average Bonchev–Trinajstić information content (AvgIpc) is 2.98. The minimum atomic E-state index is -0.198. The lowest BCUT2D eigenvalue weighted by molar-refractivity contribution is -0.121. The van der Waals surface area contributed by atoms with Crippen LogP contribution in [0.15, 0.2) is 54.6 Å². The van der Waals surface area contributed by atoms with Crippen LogP contribution in [0.1, 0.15) is 48.7 Å². The molecular weight excluding hydrogens is 328 g/mol. The zero-order chi connectivity index (χ0) is 18.7. The van der Waals surface area contributed by atoms with Gasteiger partial charge in [-0.15, -0.1) is 0 Å². The number of hydrogen-bond acceptors (Lipinski definition) is 3. The number of nitrogens with zero attached hydrogens (tertiary/aromatic N) is 1. The SMILES string of the molecule is CC(C)[C@H](NC(=O)c1ccc(N2C(=O)CCC2=O)cc1)c1ccccc1. The average molecular weight is 350 g/mol. The van der Waals surface area contributed by atoms with Crippen LogP contribution >= 0.6 is 0 Å². The molecule has 26 heavy (non-hydrogen) atoms. The van der Waals surface area contributed by atoms with Crippen molar-refractivity contribution in [1.29, 1.82) is 0 Å². The van der Waals surface area contributed by atoms with Crippen molar-refractivity contribution < 1.29 is 14.4 Å². The molecule has 3 amide bonds. The van der Waals surface area contributed by atoms with Gasteiger partial charge >= 0.3 is 0 Å². The van der Waals surface area contributed by atoms with E-state index in [2.05, 4.69) is 19.2 Å². The summed E-state index contributed by atoms with van der Waals surface area (Å²) >= 11 is 0. The van der Waals surface area contributed by atoms with E-state index >= 15 is 0 Å². The van der Waals surface area contributed by atoms with Gasteiger partial charge in [-0.2, -0.15) is 0 Å². The third kappa shape index (κ3) is 3.67. The van der Waals surface area contributed by atoms with Crippen molar-refractivity contribution in [3.8, 4) is 0 Å². The molecule has 5 heteroatoms. The molecule has 0 aliphatic carbocycles. The molecule has 2 aromatic carbocycles. The second-order valence-electron chi connectivity index (χ2n) is 6.78. The predicted molar refractivity (Wildman–Crippen MR) is 99.7 cm³/mol. The predicted octanol–water partition coefficient (Wildman–Crippen LogP) is 3.47. The van der Waals surface area contributed by atoms with Crippen LogP contribution in [0.3, 0.4) is 0 Å². The summed E-state index contributed by atoms with van der Waals surface area (Å²) in [6.07, 6.45) is 0.489. The molecular formula is C21H22N2O3. The molecule has 1 saturated heterocycles. The van der Waals surface area contributed by atoms with E-state index in [-0.39, 0.29) is 42.5 Å². The number of rotatable bonds is 5. The van der Waals surface area contributed by atoms with Gasteiger partial charge in [-0.25, -0.2) is 0 Å². The van der Waals surface area contributed by atoms with Crippen molar-refractivity contribution in [2.24, 2.45) is 5.92 Å². The van der Waals surface area contributed by atoms with Crippen molar-refractivity contribution in [2.75, 3.05) is 4.90 Å². The first-order valence-corrected chi connectivity index (χ1v) is 8.79. The molecule has 1 aliphatic rings. The molecule has 0 unspecified atom stereocenters. The number of imide groups is 1. The molecule has 3 rings (SSSR count). The maximum absolute atomic E-state index is 12.6. The molecule has 1 atom stereocenters. The molecule has 0 aromatic heterocycles. The van der Waals surface area contributed by atoms with E-state index in [1.54, 1.807) is 24.3 Å². The van der Waals surface area contributed by atoms with Crippen LogP contribution in [0, 0.1) is 5.92 Å². The second kappa shape index (κ2) is 7.52. The molecule has 0 spiro atoms. The Labute approximate surface area is 153 Å². The van der Waals surface area contributed by atoms with Gasteiger partial charge in [0.2, 0.25) is 11.8 Å². The number of carbonyl (C=O) groups is 3.